The highest BCUT2D eigenvalue weighted by Crippen LogP contribution is 2.38. The van der Waals surface area contributed by atoms with Crippen molar-refractivity contribution in [2.75, 3.05) is 0 Å². The molecule has 0 aromatic rings. The fourth-order valence-electron chi connectivity index (χ4n) is 2.18. The molecule has 0 aliphatic heterocycles. The third-order valence-corrected chi connectivity index (χ3v) is 3.07. The van der Waals surface area contributed by atoms with Gasteiger partial charge in [0.25, 0.3) is 0 Å². The average Bonchev–Trinajstić information content (AvgIpc) is 2.77. The van der Waals surface area contributed by atoms with Gasteiger partial charge in [-0.3, -0.25) is 0 Å². The minimum Gasteiger partial charge on any atom is -0.0533 e. The van der Waals surface area contributed by atoms with Crippen LogP contribution >= 0.6 is 0 Å². The molecule has 0 aromatic heterocycles. The lowest BCUT2D eigenvalue weighted by atomic mass is 9.94. The van der Waals surface area contributed by atoms with Gasteiger partial charge in [0, 0.05) is 0 Å². The van der Waals surface area contributed by atoms with Crippen molar-refractivity contribution < 1.29 is 0 Å². The van der Waals surface area contributed by atoms with E-state index < -0.39 is 0 Å². The van der Waals surface area contributed by atoms with E-state index in [0.717, 1.165) is 11.8 Å². The van der Waals surface area contributed by atoms with E-state index in [0.29, 0.717) is 0 Å². The van der Waals surface area contributed by atoms with Gasteiger partial charge in [-0.05, 0) is 31.1 Å². The highest BCUT2D eigenvalue weighted by atomic mass is 14.3. The summed E-state index contributed by atoms with van der Waals surface area (Å²) in [5.74, 6) is 2.04. The van der Waals surface area contributed by atoms with Crippen molar-refractivity contribution in [1.29, 1.82) is 0 Å². The highest BCUT2D eigenvalue weighted by Gasteiger charge is 2.25. The second kappa shape index (κ2) is 3.60. The van der Waals surface area contributed by atoms with E-state index in [1.54, 1.807) is 0 Å². The molecule has 0 heteroatoms. The molecule has 63 valence electrons. The minimum absolute atomic E-state index is 1.00. The van der Waals surface area contributed by atoms with Crippen LogP contribution in [0.25, 0.3) is 0 Å². The van der Waals surface area contributed by atoms with E-state index in [1.807, 2.05) is 0 Å². The monoisotopic (exact) mass is 151 g/mol. The Labute approximate surface area is 70.4 Å². The van der Waals surface area contributed by atoms with Crippen LogP contribution in [0.3, 0.4) is 0 Å². The van der Waals surface area contributed by atoms with Crippen LogP contribution in [-0.2, 0) is 0 Å². The van der Waals surface area contributed by atoms with Gasteiger partial charge in [0.05, 0.1) is 0 Å². The van der Waals surface area contributed by atoms with Crippen LogP contribution in [-0.4, -0.2) is 0 Å². The van der Waals surface area contributed by atoms with Gasteiger partial charge in [-0.1, -0.05) is 38.5 Å². The van der Waals surface area contributed by atoms with E-state index in [4.69, 9.17) is 0 Å². The molecule has 2 aliphatic carbocycles. The van der Waals surface area contributed by atoms with Crippen molar-refractivity contribution in [1.82, 2.24) is 0 Å². The van der Waals surface area contributed by atoms with Crippen molar-refractivity contribution in [3.63, 3.8) is 0 Å². The van der Waals surface area contributed by atoms with Crippen LogP contribution in [0.15, 0.2) is 0 Å². The van der Waals surface area contributed by atoms with Crippen LogP contribution < -0.4 is 0 Å². The summed E-state index contributed by atoms with van der Waals surface area (Å²) < 4.78 is 0. The van der Waals surface area contributed by atoms with Crippen molar-refractivity contribution in [3.8, 4) is 0 Å². The summed E-state index contributed by atoms with van der Waals surface area (Å²) >= 11 is 0. The first kappa shape index (κ1) is 7.64. The largest absolute Gasteiger partial charge is 0.0533 e. The number of hydrogen-bond acceptors (Lipinski definition) is 0. The zero-order chi connectivity index (χ0) is 7.52. The molecule has 2 rings (SSSR count). The molecule has 2 fully saturated rings. The Morgan fingerprint density at radius 2 is 1.18 bits per heavy atom. The van der Waals surface area contributed by atoms with Gasteiger partial charge >= 0.3 is 0 Å². The fourth-order valence-corrected chi connectivity index (χ4v) is 2.18. The molecular formula is C11H19. The number of hydrogen-bond donors (Lipinski definition) is 0. The molecule has 0 bridgehead atoms. The van der Waals surface area contributed by atoms with Crippen LogP contribution in [0.1, 0.15) is 51.4 Å². The highest BCUT2D eigenvalue weighted by molar-refractivity contribution is 4.92. The molecule has 0 saturated heterocycles. The lowest BCUT2D eigenvalue weighted by Gasteiger charge is -2.11. The summed E-state index contributed by atoms with van der Waals surface area (Å²) in [6.45, 7) is 0. The van der Waals surface area contributed by atoms with Crippen molar-refractivity contribution in [2.24, 2.45) is 11.8 Å². The van der Waals surface area contributed by atoms with Gasteiger partial charge in [0.1, 0.15) is 0 Å². The maximum Gasteiger partial charge on any atom is -0.0324 e. The Kier molecular flexibility index (Phi) is 2.50. The quantitative estimate of drug-likeness (QED) is 0.529. The van der Waals surface area contributed by atoms with E-state index >= 15 is 0 Å². The first-order chi connectivity index (χ1) is 5.45. The first-order valence-electron chi connectivity index (χ1n) is 5.30. The van der Waals surface area contributed by atoms with Crippen molar-refractivity contribution in [3.05, 3.63) is 6.42 Å². The summed E-state index contributed by atoms with van der Waals surface area (Å²) in [7, 11) is 0. The maximum atomic E-state index is 2.66. The van der Waals surface area contributed by atoms with E-state index in [-0.39, 0.29) is 0 Å². The summed E-state index contributed by atoms with van der Waals surface area (Å²) in [5.41, 5.74) is 0. The Morgan fingerprint density at radius 3 is 1.73 bits per heavy atom. The molecule has 2 aliphatic rings. The van der Waals surface area contributed by atoms with Crippen molar-refractivity contribution in [2.45, 2.75) is 51.4 Å². The van der Waals surface area contributed by atoms with Crippen LogP contribution in [0, 0.1) is 18.3 Å². The SMILES string of the molecule is [CH](C1CCCCCC1)C1CC1. The lowest BCUT2D eigenvalue weighted by molar-refractivity contribution is 0.500. The topological polar surface area (TPSA) is 0 Å². The summed E-state index contributed by atoms with van der Waals surface area (Å²) in [5, 5.41) is 0. The van der Waals surface area contributed by atoms with E-state index in [9.17, 15) is 0 Å². The van der Waals surface area contributed by atoms with Gasteiger partial charge in [-0.15, -0.1) is 0 Å². The number of rotatable bonds is 2. The molecular weight excluding hydrogens is 132 g/mol. The molecule has 1 radical (unpaired) electrons. The van der Waals surface area contributed by atoms with Crippen LogP contribution in [0.5, 0.6) is 0 Å². The van der Waals surface area contributed by atoms with Gasteiger partial charge in [-0.2, -0.15) is 0 Å². The van der Waals surface area contributed by atoms with Gasteiger partial charge < -0.3 is 0 Å². The molecule has 0 spiro atoms. The Morgan fingerprint density at radius 1 is 0.636 bits per heavy atom. The molecule has 0 atom stereocenters. The average molecular weight is 151 g/mol. The van der Waals surface area contributed by atoms with Crippen LogP contribution in [0.4, 0.5) is 0 Å². The molecule has 0 unspecified atom stereocenters. The summed E-state index contributed by atoms with van der Waals surface area (Å²) in [4.78, 5) is 0. The van der Waals surface area contributed by atoms with Crippen molar-refractivity contribution >= 4 is 0 Å². The third-order valence-electron chi connectivity index (χ3n) is 3.07. The second-order valence-corrected chi connectivity index (χ2v) is 4.28. The molecule has 0 nitrogen and oxygen atoms in total. The zero-order valence-corrected chi connectivity index (χ0v) is 7.39. The Bertz CT molecular complexity index is 105. The van der Waals surface area contributed by atoms with E-state index in [2.05, 4.69) is 6.42 Å². The summed E-state index contributed by atoms with van der Waals surface area (Å²) in [6.07, 6.45) is 14.6. The zero-order valence-electron chi connectivity index (χ0n) is 7.39. The first-order valence-corrected chi connectivity index (χ1v) is 5.30. The predicted molar refractivity (Wildman–Crippen MR) is 48.2 cm³/mol. The predicted octanol–water partition coefficient (Wildman–Crippen LogP) is 3.57. The lowest BCUT2D eigenvalue weighted by Crippen LogP contribution is -2.00. The van der Waals surface area contributed by atoms with Gasteiger partial charge in [0.2, 0.25) is 0 Å². The standard InChI is InChI=1S/C11H19/c1-2-4-6-10(5-3-1)9-11-7-8-11/h9-11H,1-8H2. The van der Waals surface area contributed by atoms with Gasteiger partial charge in [0.15, 0.2) is 0 Å². The second-order valence-electron chi connectivity index (χ2n) is 4.28. The third kappa shape index (κ3) is 2.50. The summed E-state index contributed by atoms with van der Waals surface area (Å²) in [6, 6.07) is 0. The normalized spacial score (nSPS) is 28.4. The molecule has 11 heavy (non-hydrogen) atoms. The maximum absolute atomic E-state index is 2.66. The molecule has 0 heterocycles. The van der Waals surface area contributed by atoms with Crippen LogP contribution in [0.2, 0.25) is 0 Å². The molecule has 0 N–H and O–H groups in total. The fraction of sp³-hybridized carbons (Fsp3) is 0.909. The molecule has 2 saturated carbocycles. The molecule has 0 aromatic carbocycles. The minimum atomic E-state index is 1.00. The smallest absolute Gasteiger partial charge is 0.0324 e. The van der Waals surface area contributed by atoms with Gasteiger partial charge in [-0.25, -0.2) is 0 Å². The molecule has 0 amide bonds. The van der Waals surface area contributed by atoms with E-state index in [1.165, 1.54) is 51.4 Å². The Hall–Kier alpha value is 0. The Balaban J connectivity index is 1.71.